The minimum Gasteiger partial charge on any atom is -0.354 e. The zero-order chi connectivity index (χ0) is 17.4. The largest absolute Gasteiger partial charge is 0.354 e. The van der Waals surface area contributed by atoms with E-state index in [1.807, 2.05) is 0 Å². The molecule has 5 rings (SSSR count). The van der Waals surface area contributed by atoms with Gasteiger partial charge in [-0.15, -0.1) is 0 Å². The predicted molar refractivity (Wildman–Crippen MR) is 92.3 cm³/mol. The van der Waals surface area contributed by atoms with E-state index in [2.05, 4.69) is 10.6 Å². The van der Waals surface area contributed by atoms with Gasteiger partial charge in [-0.1, -0.05) is 6.07 Å². The highest BCUT2D eigenvalue weighted by molar-refractivity contribution is 5.94. The number of halogens is 1. The van der Waals surface area contributed by atoms with Crippen LogP contribution in [0.25, 0.3) is 0 Å². The van der Waals surface area contributed by atoms with Gasteiger partial charge in [-0.25, -0.2) is 4.39 Å². The highest BCUT2D eigenvalue weighted by Crippen LogP contribution is 2.60. The van der Waals surface area contributed by atoms with E-state index in [0.717, 1.165) is 37.0 Å². The maximum Gasteiger partial charge on any atom is 0.251 e. The van der Waals surface area contributed by atoms with Crippen molar-refractivity contribution in [1.29, 1.82) is 0 Å². The lowest BCUT2D eigenvalue weighted by molar-refractivity contribution is -0.146. The zero-order valence-corrected chi connectivity index (χ0v) is 14.4. The molecule has 4 fully saturated rings. The van der Waals surface area contributed by atoms with Crippen molar-refractivity contribution in [2.24, 2.45) is 23.2 Å². The van der Waals surface area contributed by atoms with Crippen LogP contribution in [0.5, 0.6) is 0 Å². The van der Waals surface area contributed by atoms with E-state index in [4.69, 9.17) is 0 Å². The third kappa shape index (κ3) is 3.29. The number of hydrogen-bond donors (Lipinski definition) is 2. The van der Waals surface area contributed by atoms with Crippen LogP contribution in [0.15, 0.2) is 24.3 Å². The lowest BCUT2D eigenvalue weighted by Crippen LogP contribution is -2.54. The van der Waals surface area contributed by atoms with Crippen LogP contribution >= 0.6 is 0 Å². The quantitative estimate of drug-likeness (QED) is 0.807. The van der Waals surface area contributed by atoms with Crippen LogP contribution in [0.4, 0.5) is 4.39 Å². The normalized spacial score (nSPS) is 32.4. The fraction of sp³-hybridized carbons (Fsp3) is 0.600. The summed E-state index contributed by atoms with van der Waals surface area (Å²) in [7, 11) is 0. The Morgan fingerprint density at radius 2 is 1.60 bits per heavy atom. The maximum atomic E-state index is 13.1. The van der Waals surface area contributed by atoms with Gasteiger partial charge in [0.05, 0.1) is 0 Å². The molecular formula is C20H25FN2O2. The Morgan fingerprint density at radius 1 is 1.00 bits per heavy atom. The Bertz CT molecular complexity index is 653. The molecule has 4 aliphatic rings. The van der Waals surface area contributed by atoms with Crippen LogP contribution in [0.2, 0.25) is 0 Å². The molecule has 0 spiro atoms. The summed E-state index contributed by atoms with van der Waals surface area (Å²) in [5.74, 6) is 1.65. The number of benzene rings is 1. The van der Waals surface area contributed by atoms with E-state index < -0.39 is 5.82 Å². The SMILES string of the molecule is O=C(NCCNC(=O)C12CC3CC(CC(C3)C1)C2)c1cccc(F)c1. The summed E-state index contributed by atoms with van der Waals surface area (Å²) >= 11 is 0. The summed E-state index contributed by atoms with van der Waals surface area (Å²) in [6.07, 6.45) is 7.07. The standard InChI is InChI=1S/C20H25FN2O2/c21-17-3-1-2-16(9-17)18(24)22-4-5-23-19(25)20-10-13-6-14(11-20)8-15(7-13)12-20/h1-3,9,13-15H,4-8,10-12H2,(H,22,24)(H,23,25). The number of nitrogens with one attached hydrogen (secondary N) is 2. The molecule has 0 aromatic heterocycles. The summed E-state index contributed by atoms with van der Waals surface area (Å²) in [6, 6.07) is 5.61. The van der Waals surface area contributed by atoms with Crippen molar-refractivity contribution in [3.8, 4) is 0 Å². The van der Waals surface area contributed by atoms with Crippen LogP contribution in [0.3, 0.4) is 0 Å². The number of carbonyl (C=O) groups is 2. The van der Waals surface area contributed by atoms with Crippen molar-refractivity contribution >= 4 is 11.8 Å². The molecule has 4 nitrogen and oxygen atoms in total. The molecule has 25 heavy (non-hydrogen) atoms. The van der Waals surface area contributed by atoms with Gasteiger partial charge < -0.3 is 10.6 Å². The molecule has 4 aliphatic carbocycles. The van der Waals surface area contributed by atoms with Gasteiger partial charge in [0.1, 0.15) is 5.82 Å². The van der Waals surface area contributed by atoms with Crippen molar-refractivity contribution in [1.82, 2.24) is 10.6 Å². The Morgan fingerprint density at radius 3 is 2.20 bits per heavy atom. The van der Waals surface area contributed by atoms with E-state index >= 15 is 0 Å². The minimum absolute atomic E-state index is 0.151. The highest BCUT2D eigenvalue weighted by atomic mass is 19.1. The van der Waals surface area contributed by atoms with Crippen molar-refractivity contribution in [3.63, 3.8) is 0 Å². The smallest absolute Gasteiger partial charge is 0.251 e. The van der Waals surface area contributed by atoms with E-state index in [-0.39, 0.29) is 17.2 Å². The molecule has 1 aromatic carbocycles. The number of rotatable bonds is 5. The summed E-state index contributed by atoms with van der Waals surface area (Å²) in [5.41, 5.74) is 0.147. The van der Waals surface area contributed by atoms with Crippen molar-refractivity contribution in [2.75, 3.05) is 13.1 Å². The van der Waals surface area contributed by atoms with Gasteiger partial charge in [0, 0.05) is 24.1 Å². The van der Waals surface area contributed by atoms with Gasteiger partial charge in [0.15, 0.2) is 0 Å². The molecule has 2 amide bonds. The number of hydrogen-bond acceptors (Lipinski definition) is 2. The fourth-order valence-electron chi connectivity index (χ4n) is 5.66. The molecule has 0 radical (unpaired) electrons. The highest BCUT2D eigenvalue weighted by Gasteiger charge is 2.54. The predicted octanol–water partition coefficient (Wildman–Crippen LogP) is 2.89. The molecule has 0 unspecified atom stereocenters. The van der Waals surface area contributed by atoms with Crippen LogP contribution in [-0.4, -0.2) is 24.9 Å². The third-order valence-electron chi connectivity index (χ3n) is 6.30. The topological polar surface area (TPSA) is 58.2 Å². The second-order valence-electron chi connectivity index (χ2n) is 8.22. The van der Waals surface area contributed by atoms with Gasteiger partial charge in [-0.2, -0.15) is 0 Å². The van der Waals surface area contributed by atoms with Gasteiger partial charge in [0.25, 0.3) is 5.91 Å². The molecule has 1 aromatic rings. The van der Waals surface area contributed by atoms with E-state index in [9.17, 15) is 14.0 Å². The number of amides is 2. The zero-order valence-electron chi connectivity index (χ0n) is 14.4. The lowest BCUT2D eigenvalue weighted by Gasteiger charge is -2.55. The summed E-state index contributed by atoms with van der Waals surface area (Å²) < 4.78 is 13.1. The van der Waals surface area contributed by atoms with Crippen LogP contribution in [-0.2, 0) is 4.79 Å². The average molecular weight is 344 g/mol. The van der Waals surface area contributed by atoms with E-state index in [1.54, 1.807) is 6.07 Å². The second kappa shape index (κ2) is 6.43. The van der Waals surface area contributed by atoms with E-state index in [1.165, 1.54) is 37.5 Å². The van der Waals surface area contributed by atoms with Gasteiger partial charge >= 0.3 is 0 Å². The summed E-state index contributed by atoms with van der Waals surface area (Å²) in [6.45, 7) is 0.773. The first-order chi connectivity index (χ1) is 12.0. The molecular weight excluding hydrogens is 319 g/mol. The molecule has 4 bridgehead atoms. The van der Waals surface area contributed by atoms with Gasteiger partial charge in [0.2, 0.25) is 5.91 Å². The monoisotopic (exact) mass is 344 g/mol. The third-order valence-corrected chi connectivity index (χ3v) is 6.30. The van der Waals surface area contributed by atoms with Crippen LogP contribution in [0.1, 0.15) is 48.9 Å². The Labute approximate surface area is 147 Å². The Kier molecular flexibility index (Phi) is 4.26. The van der Waals surface area contributed by atoms with Crippen molar-refractivity contribution in [2.45, 2.75) is 38.5 Å². The first-order valence-electron chi connectivity index (χ1n) is 9.36. The first-order valence-corrected chi connectivity index (χ1v) is 9.36. The summed E-state index contributed by atoms with van der Waals surface area (Å²) in [5, 5.41) is 5.77. The van der Waals surface area contributed by atoms with Gasteiger partial charge in [-0.05, 0) is 74.5 Å². The molecule has 4 saturated carbocycles. The Balaban J connectivity index is 1.26. The van der Waals surface area contributed by atoms with Crippen LogP contribution < -0.4 is 10.6 Å². The molecule has 0 aliphatic heterocycles. The van der Waals surface area contributed by atoms with Crippen molar-refractivity contribution < 1.29 is 14.0 Å². The number of carbonyl (C=O) groups excluding carboxylic acids is 2. The van der Waals surface area contributed by atoms with Gasteiger partial charge in [-0.3, -0.25) is 9.59 Å². The Hall–Kier alpha value is -1.91. The first kappa shape index (κ1) is 16.6. The summed E-state index contributed by atoms with van der Waals surface area (Å²) in [4.78, 5) is 24.8. The molecule has 0 heterocycles. The minimum atomic E-state index is -0.428. The van der Waals surface area contributed by atoms with Crippen LogP contribution in [0, 0.1) is 29.0 Å². The second-order valence-corrected chi connectivity index (χ2v) is 8.22. The van der Waals surface area contributed by atoms with Crippen molar-refractivity contribution in [3.05, 3.63) is 35.6 Å². The molecule has 5 heteroatoms. The lowest BCUT2D eigenvalue weighted by atomic mass is 9.49. The average Bonchev–Trinajstić information content (AvgIpc) is 2.57. The molecule has 134 valence electrons. The van der Waals surface area contributed by atoms with E-state index in [0.29, 0.717) is 18.7 Å². The fourth-order valence-corrected chi connectivity index (χ4v) is 5.66. The maximum absolute atomic E-state index is 13.1. The molecule has 2 N–H and O–H groups in total. The molecule has 0 saturated heterocycles. The molecule has 0 atom stereocenters.